The molecule has 0 radical (unpaired) electrons. The van der Waals surface area contributed by atoms with Crippen LogP contribution in [0, 0.1) is 5.41 Å². The van der Waals surface area contributed by atoms with Gasteiger partial charge in [-0.05, 0) is 22.8 Å². The van der Waals surface area contributed by atoms with E-state index < -0.39 is 0 Å². The molecule has 0 spiro atoms. The molecule has 0 N–H and O–H groups in total. The predicted molar refractivity (Wildman–Crippen MR) is 60.0 cm³/mol. The first-order valence-electron chi connectivity index (χ1n) is 4.68. The molecule has 0 aromatic carbocycles. The molecule has 0 aromatic heterocycles. The maximum absolute atomic E-state index is 4.68. The van der Waals surface area contributed by atoms with E-state index in [1.165, 1.54) is 32.1 Å². The van der Waals surface area contributed by atoms with Gasteiger partial charge in [0.2, 0.25) is 0 Å². The lowest BCUT2D eigenvalue weighted by atomic mass is 9.50. The highest BCUT2D eigenvalue weighted by Gasteiger charge is 2.38. The topological polar surface area (TPSA) is 0 Å². The number of thiol groups is 1. The molecule has 62 valence electrons. The molecule has 0 nitrogen and oxygen atoms in total. The minimum absolute atomic E-state index is 0.202. The Hall–Kier alpha value is 0.480. The van der Waals surface area contributed by atoms with Gasteiger partial charge in [-0.25, -0.2) is 0 Å². The fraction of sp³-hybridized carbons (Fsp3) is 1.00. The molecule has 0 heterocycles. The van der Waals surface area contributed by atoms with Crippen molar-refractivity contribution in [2.45, 2.75) is 43.6 Å². The predicted octanol–water partition coefficient (Wildman–Crippen LogP) is 0.807. The summed E-state index contributed by atoms with van der Waals surface area (Å²) in [5, 5.41) is 0. The maximum atomic E-state index is 4.68. The van der Waals surface area contributed by atoms with Crippen LogP contribution < -0.4 is 0 Å². The SMILES string of the molecule is BC(B)(S)C1(C)CCCCC1. The minimum Gasteiger partial charge on any atom is -0.190 e. The highest BCUT2D eigenvalue weighted by Crippen LogP contribution is 2.44. The second-order valence-corrected chi connectivity index (χ2v) is 5.80. The van der Waals surface area contributed by atoms with E-state index in [1.54, 1.807) is 0 Å². The molecule has 1 aliphatic carbocycles. The standard InChI is InChI=1S/C8H18B2S/c1-7(8(9,10)11)5-3-2-4-6-7/h11H,2-6,9-10H2,1H3. The van der Waals surface area contributed by atoms with Crippen LogP contribution >= 0.6 is 12.6 Å². The molecular formula is C8H18B2S. The Morgan fingerprint density at radius 1 is 1.18 bits per heavy atom. The average molecular weight is 168 g/mol. The van der Waals surface area contributed by atoms with Crippen LogP contribution in [0.4, 0.5) is 0 Å². The summed E-state index contributed by atoms with van der Waals surface area (Å²) in [6.07, 6.45) is 6.97. The van der Waals surface area contributed by atoms with Crippen LogP contribution in [0.15, 0.2) is 0 Å². The fourth-order valence-electron chi connectivity index (χ4n) is 1.94. The van der Waals surface area contributed by atoms with Crippen molar-refractivity contribution in [2.24, 2.45) is 5.41 Å². The second kappa shape index (κ2) is 3.08. The van der Waals surface area contributed by atoms with Crippen LogP contribution in [-0.4, -0.2) is 20.2 Å². The first-order chi connectivity index (χ1) is 4.96. The van der Waals surface area contributed by atoms with Gasteiger partial charge in [-0.3, -0.25) is 0 Å². The van der Waals surface area contributed by atoms with Crippen molar-refractivity contribution < 1.29 is 0 Å². The molecule has 0 aliphatic heterocycles. The lowest BCUT2D eigenvalue weighted by molar-refractivity contribution is 0.224. The summed E-state index contributed by atoms with van der Waals surface area (Å²) < 4.78 is 0.202. The average Bonchev–Trinajstić information content (AvgIpc) is 1.87. The van der Waals surface area contributed by atoms with Crippen molar-refractivity contribution in [3.63, 3.8) is 0 Å². The van der Waals surface area contributed by atoms with Crippen LogP contribution in [0.1, 0.15) is 39.0 Å². The Labute approximate surface area is 77.7 Å². The second-order valence-electron chi connectivity index (χ2n) is 4.68. The van der Waals surface area contributed by atoms with Gasteiger partial charge < -0.3 is 0 Å². The molecule has 1 rings (SSSR count). The van der Waals surface area contributed by atoms with Crippen LogP contribution in [-0.2, 0) is 0 Å². The molecule has 1 aliphatic rings. The summed E-state index contributed by atoms with van der Waals surface area (Å²) in [6.45, 7) is 2.39. The Balaban J connectivity index is 2.64. The van der Waals surface area contributed by atoms with E-state index >= 15 is 0 Å². The van der Waals surface area contributed by atoms with E-state index in [0.717, 1.165) is 0 Å². The van der Waals surface area contributed by atoms with E-state index in [4.69, 9.17) is 0 Å². The van der Waals surface area contributed by atoms with E-state index in [2.05, 4.69) is 35.2 Å². The zero-order chi connectivity index (χ0) is 8.54. The lowest BCUT2D eigenvalue weighted by Gasteiger charge is -2.44. The Morgan fingerprint density at radius 2 is 1.64 bits per heavy atom. The molecule has 11 heavy (non-hydrogen) atoms. The summed E-state index contributed by atoms with van der Waals surface area (Å²) in [7, 11) is 4.50. The normalized spacial score (nSPS) is 24.9. The molecule has 3 heteroatoms. The van der Waals surface area contributed by atoms with Gasteiger partial charge in [-0.1, -0.05) is 26.2 Å². The summed E-state index contributed by atoms with van der Waals surface area (Å²) in [6, 6.07) is 0. The third-order valence-electron chi connectivity index (χ3n) is 3.43. The van der Waals surface area contributed by atoms with Crippen molar-refractivity contribution in [3.8, 4) is 0 Å². The van der Waals surface area contributed by atoms with Crippen LogP contribution in [0.5, 0.6) is 0 Å². The summed E-state index contributed by atoms with van der Waals surface area (Å²) in [4.78, 5) is 0. The largest absolute Gasteiger partial charge is 0.190 e. The summed E-state index contributed by atoms with van der Waals surface area (Å²) in [5.74, 6) is 0. The Bertz CT molecular complexity index is 134. The maximum Gasteiger partial charge on any atom is 0.112 e. The number of rotatable bonds is 1. The highest BCUT2D eigenvalue weighted by molar-refractivity contribution is 7.84. The van der Waals surface area contributed by atoms with E-state index in [-0.39, 0.29) is 4.55 Å². The number of hydrogen-bond donors (Lipinski definition) is 1. The third-order valence-corrected chi connectivity index (χ3v) is 3.97. The van der Waals surface area contributed by atoms with Gasteiger partial charge in [0.05, 0.1) is 0 Å². The quantitative estimate of drug-likeness (QED) is 0.434. The Kier molecular flexibility index (Phi) is 2.68. The molecule has 0 bridgehead atoms. The van der Waals surface area contributed by atoms with Crippen molar-refractivity contribution in [1.82, 2.24) is 0 Å². The first-order valence-corrected chi connectivity index (χ1v) is 5.13. The van der Waals surface area contributed by atoms with Crippen molar-refractivity contribution in [1.29, 1.82) is 0 Å². The minimum atomic E-state index is 0.202. The van der Waals surface area contributed by atoms with E-state index in [9.17, 15) is 0 Å². The van der Waals surface area contributed by atoms with Gasteiger partial charge in [0, 0.05) is 0 Å². The number of hydrogen-bond acceptors (Lipinski definition) is 1. The van der Waals surface area contributed by atoms with Crippen molar-refractivity contribution in [2.75, 3.05) is 0 Å². The van der Waals surface area contributed by atoms with Crippen LogP contribution in [0.3, 0.4) is 0 Å². The molecule has 0 atom stereocenters. The smallest absolute Gasteiger partial charge is 0.112 e. The Morgan fingerprint density at radius 3 is 1.91 bits per heavy atom. The molecular weight excluding hydrogens is 150 g/mol. The van der Waals surface area contributed by atoms with Gasteiger partial charge in [0.25, 0.3) is 0 Å². The van der Waals surface area contributed by atoms with Gasteiger partial charge in [0.1, 0.15) is 15.7 Å². The molecule has 1 fully saturated rings. The molecule has 1 saturated carbocycles. The molecule has 0 unspecified atom stereocenters. The first kappa shape index (κ1) is 9.57. The molecule has 0 aromatic rings. The zero-order valence-corrected chi connectivity index (χ0v) is 8.88. The van der Waals surface area contributed by atoms with Crippen molar-refractivity contribution >= 4 is 28.3 Å². The van der Waals surface area contributed by atoms with E-state index in [0.29, 0.717) is 5.41 Å². The summed E-state index contributed by atoms with van der Waals surface area (Å²) in [5.41, 5.74) is 0.481. The summed E-state index contributed by atoms with van der Waals surface area (Å²) >= 11 is 4.68. The molecule has 0 amide bonds. The van der Waals surface area contributed by atoms with Crippen LogP contribution in [0.25, 0.3) is 0 Å². The van der Waals surface area contributed by atoms with Crippen molar-refractivity contribution in [3.05, 3.63) is 0 Å². The monoisotopic (exact) mass is 168 g/mol. The lowest BCUT2D eigenvalue weighted by Crippen LogP contribution is -2.44. The van der Waals surface area contributed by atoms with Gasteiger partial charge >= 0.3 is 0 Å². The van der Waals surface area contributed by atoms with E-state index in [1.807, 2.05) is 0 Å². The van der Waals surface area contributed by atoms with Gasteiger partial charge in [-0.2, -0.15) is 12.6 Å². The highest BCUT2D eigenvalue weighted by atomic mass is 32.1. The van der Waals surface area contributed by atoms with Gasteiger partial charge in [-0.15, -0.1) is 0 Å². The third kappa shape index (κ3) is 1.99. The zero-order valence-electron chi connectivity index (χ0n) is 7.98. The van der Waals surface area contributed by atoms with Crippen LogP contribution in [0.2, 0.25) is 0 Å². The fourth-order valence-corrected chi connectivity index (χ4v) is 2.17. The van der Waals surface area contributed by atoms with Gasteiger partial charge in [0.15, 0.2) is 0 Å². The molecule has 0 saturated heterocycles.